The molecule has 0 spiro atoms. The number of thiophene rings is 1. The van der Waals surface area contributed by atoms with Crippen molar-refractivity contribution >= 4 is 75.1 Å². The molecule has 0 radical (unpaired) electrons. The minimum absolute atomic E-state index is 0.663. The van der Waals surface area contributed by atoms with E-state index in [-0.39, 0.29) is 0 Å². The SMILES string of the molecule is c1ccc(-c2cc(-c3ccccc3)nc(-n3c4ccccc4c4c5sc6cc7c(cc6c5ccc43)c3ccccc3n7-c3ccccc3)n2)cc1. The van der Waals surface area contributed by atoms with Crippen molar-refractivity contribution in [3.05, 3.63) is 170 Å². The number of para-hydroxylation sites is 3. The Labute approximate surface area is 297 Å². The first kappa shape index (κ1) is 28.3. The van der Waals surface area contributed by atoms with E-state index in [4.69, 9.17) is 9.97 Å². The lowest BCUT2D eigenvalue weighted by Gasteiger charge is -2.11. The zero-order valence-electron chi connectivity index (χ0n) is 27.4. The van der Waals surface area contributed by atoms with Crippen molar-refractivity contribution in [1.29, 1.82) is 0 Å². The number of hydrogen-bond donors (Lipinski definition) is 0. The standard InChI is InChI=1S/C46H28N4S/c1-4-14-29(15-5-1)37-27-38(30-16-6-2-7-17-30)48-46(47-37)50-40-23-13-11-21-34(40)44-41(50)25-24-33-36-26-35-32-20-10-12-22-39(32)49(31-18-8-3-9-19-31)42(35)28-43(36)51-45(33)44/h1-28H. The van der Waals surface area contributed by atoms with Gasteiger partial charge in [0, 0.05) is 58.5 Å². The molecule has 7 aromatic carbocycles. The smallest absolute Gasteiger partial charge is 0.235 e. The van der Waals surface area contributed by atoms with Crippen LogP contribution in [0.3, 0.4) is 0 Å². The Morgan fingerprint density at radius 1 is 0.392 bits per heavy atom. The first-order valence-corrected chi connectivity index (χ1v) is 18.0. The molecular formula is C46H28N4S. The van der Waals surface area contributed by atoms with Crippen LogP contribution in [0.25, 0.3) is 97.9 Å². The second kappa shape index (κ2) is 11.0. The summed E-state index contributed by atoms with van der Waals surface area (Å²) in [7, 11) is 0. The average Bonchev–Trinajstić information content (AvgIpc) is 3.85. The zero-order valence-corrected chi connectivity index (χ0v) is 28.2. The fourth-order valence-corrected chi connectivity index (χ4v) is 9.14. The van der Waals surface area contributed by atoms with Gasteiger partial charge in [0.1, 0.15) is 0 Å². The summed E-state index contributed by atoms with van der Waals surface area (Å²) in [5, 5.41) is 7.52. The maximum atomic E-state index is 5.24. The first-order valence-electron chi connectivity index (χ1n) is 17.2. The lowest BCUT2D eigenvalue weighted by Crippen LogP contribution is -2.03. The minimum atomic E-state index is 0.663. The molecule has 0 aliphatic rings. The summed E-state index contributed by atoms with van der Waals surface area (Å²) in [6.07, 6.45) is 0. The van der Waals surface area contributed by atoms with Crippen LogP contribution in [-0.2, 0) is 0 Å². The molecule has 4 heterocycles. The van der Waals surface area contributed by atoms with E-state index in [1.54, 1.807) is 0 Å². The number of hydrogen-bond acceptors (Lipinski definition) is 3. The van der Waals surface area contributed by atoms with E-state index in [1.807, 2.05) is 23.5 Å². The summed E-state index contributed by atoms with van der Waals surface area (Å²) in [6.45, 7) is 0. The van der Waals surface area contributed by atoms with Crippen LogP contribution in [0, 0.1) is 0 Å². The third-order valence-electron chi connectivity index (χ3n) is 10.1. The third-order valence-corrected chi connectivity index (χ3v) is 11.3. The van der Waals surface area contributed by atoms with Crippen LogP contribution in [0.5, 0.6) is 0 Å². The average molecular weight is 669 g/mol. The molecule has 0 atom stereocenters. The van der Waals surface area contributed by atoms with Gasteiger partial charge in [0.2, 0.25) is 5.95 Å². The van der Waals surface area contributed by atoms with Gasteiger partial charge >= 0.3 is 0 Å². The lowest BCUT2D eigenvalue weighted by molar-refractivity contribution is 0.996. The molecule has 4 nitrogen and oxygen atoms in total. The number of nitrogens with zero attached hydrogens (tertiary/aromatic N) is 4. The molecule has 0 aliphatic carbocycles. The molecule has 51 heavy (non-hydrogen) atoms. The third kappa shape index (κ3) is 4.25. The normalized spacial score (nSPS) is 11.9. The zero-order chi connectivity index (χ0) is 33.5. The number of fused-ring (bicyclic) bond motifs is 10. The molecule has 0 amide bonds. The fraction of sp³-hybridized carbons (Fsp3) is 0. The van der Waals surface area contributed by atoms with Crippen molar-refractivity contribution in [2.24, 2.45) is 0 Å². The van der Waals surface area contributed by atoms with E-state index in [0.29, 0.717) is 5.95 Å². The minimum Gasteiger partial charge on any atom is -0.309 e. The molecule has 0 fully saturated rings. The van der Waals surface area contributed by atoms with E-state index >= 15 is 0 Å². The Bertz CT molecular complexity index is 3060. The van der Waals surface area contributed by atoms with Gasteiger partial charge < -0.3 is 4.57 Å². The van der Waals surface area contributed by atoms with Crippen LogP contribution in [-0.4, -0.2) is 19.1 Å². The summed E-state index contributed by atoms with van der Waals surface area (Å²) in [4.78, 5) is 10.5. The van der Waals surface area contributed by atoms with Gasteiger partial charge in [-0.15, -0.1) is 11.3 Å². The lowest BCUT2D eigenvalue weighted by atomic mass is 10.1. The van der Waals surface area contributed by atoms with E-state index in [9.17, 15) is 0 Å². The predicted octanol–water partition coefficient (Wildman–Crippen LogP) is 12.4. The molecule has 5 heteroatoms. The predicted molar refractivity (Wildman–Crippen MR) is 214 cm³/mol. The Kier molecular flexibility index (Phi) is 6.09. The van der Waals surface area contributed by atoms with Crippen molar-refractivity contribution in [1.82, 2.24) is 19.1 Å². The van der Waals surface area contributed by atoms with Crippen molar-refractivity contribution in [2.45, 2.75) is 0 Å². The molecule has 0 N–H and O–H groups in total. The highest BCUT2D eigenvalue weighted by Crippen LogP contribution is 2.45. The Hall–Kier alpha value is -6.56. The molecule has 0 bridgehead atoms. The number of aromatic nitrogens is 4. The second-order valence-corrected chi connectivity index (χ2v) is 14.1. The van der Waals surface area contributed by atoms with Crippen LogP contribution in [0.2, 0.25) is 0 Å². The number of benzene rings is 7. The van der Waals surface area contributed by atoms with Gasteiger partial charge in [-0.3, -0.25) is 4.57 Å². The molecule has 11 rings (SSSR count). The second-order valence-electron chi connectivity index (χ2n) is 13.0. The topological polar surface area (TPSA) is 35.6 Å². The largest absolute Gasteiger partial charge is 0.309 e. The van der Waals surface area contributed by atoms with E-state index in [0.717, 1.165) is 33.5 Å². The molecule has 0 saturated heterocycles. The van der Waals surface area contributed by atoms with Gasteiger partial charge in [0.15, 0.2) is 0 Å². The molecule has 0 unspecified atom stereocenters. The molecule has 0 aliphatic heterocycles. The fourth-order valence-electron chi connectivity index (χ4n) is 7.87. The van der Waals surface area contributed by atoms with Crippen LogP contribution < -0.4 is 0 Å². The van der Waals surface area contributed by atoms with Gasteiger partial charge in [-0.2, -0.15) is 0 Å². The maximum absolute atomic E-state index is 5.24. The highest BCUT2D eigenvalue weighted by molar-refractivity contribution is 7.26. The van der Waals surface area contributed by atoms with Crippen LogP contribution in [0.1, 0.15) is 0 Å². The Morgan fingerprint density at radius 3 is 1.67 bits per heavy atom. The van der Waals surface area contributed by atoms with E-state index in [1.165, 1.54) is 58.4 Å². The Balaban J connectivity index is 1.21. The van der Waals surface area contributed by atoms with E-state index in [2.05, 4.69) is 167 Å². The molecule has 4 aromatic heterocycles. The van der Waals surface area contributed by atoms with Crippen LogP contribution >= 0.6 is 11.3 Å². The van der Waals surface area contributed by atoms with Gasteiger partial charge in [-0.25, -0.2) is 9.97 Å². The molecule has 11 aromatic rings. The first-order chi connectivity index (χ1) is 25.3. The molecular weight excluding hydrogens is 641 g/mol. The van der Waals surface area contributed by atoms with Crippen LogP contribution in [0.15, 0.2) is 170 Å². The van der Waals surface area contributed by atoms with Crippen molar-refractivity contribution in [3.63, 3.8) is 0 Å². The van der Waals surface area contributed by atoms with Crippen molar-refractivity contribution in [3.8, 4) is 34.2 Å². The van der Waals surface area contributed by atoms with Crippen LogP contribution in [0.4, 0.5) is 0 Å². The van der Waals surface area contributed by atoms with Gasteiger partial charge in [0.05, 0.1) is 33.5 Å². The maximum Gasteiger partial charge on any atom is 0.235 e. The monoisotopic (exact) mass is 668 g/mol. The summed E-state index contributed by atoms with van der Waals surface area (Å²) in [5.74, 6) is 0.663. The quantitative estimate of drug-likeness (QED) is 0.187. The Morgan fingerprint density at radius 2 is 0.980 bits per heavy atom. The summed E-state index contributed by atoms with van der Waals surface area (Å²) in [5.41, 5.74) is 9.71. The highest BCUT2D eigenvalue weighted by atomic mass is 32.1. The summed E-state index contributed by atoms with van der Waals surface area (Å²) >= 11 is 1.88. The molecule has 0 saturated carbocycles. The van der Waals surface area contributed by atoms with Gasteiger partial charge in [-0.1, -0.05) is 121 Å². The van der Waals surface area contributed by atoms with Crippen molar-refractivity contribution < 1.29 is 0 Å². The van der Waals surface area contributed by atoms with E-state index < -0.39 is 0 Å². The molecule has 238 valence electrons. The summed E-state index contributed by atoms with van der Waals surface area (Å²) < 4.78 is 7.21. The van der Waals surface area contributed by atoms with Gasteiger partial charge in [0.25, 0.3) is 0 Å². The number of rotatable bonds is 4. The summed E-state index contributed by atoms with van der Waals surface area (Å²) in [6, 6.07) is 60.4. The van der Waals surface area contributed by atoms with Gasteiger partial charge in [-0.05, 0) is 48.5 Å². The highest BCUT2D eigenvalue weighted by Gasteiger charge is 2.21. The van der Waals surface area contributed by atoms with Crippen molar-refractivity contribution in [2.75, 3.05) is 0 Å².